The van der Waals surface area contributed by atoms with E-state index in [0.717, 1.165) is 13.0 Å². The second-order valence-electron chi connectivity index (χ2n) is 4.94. The van der Waals surface area contributed by atoms with Gasteiger partial charge in [-0.05, 0) is 30.5 Å². The molecule has 0 aromatic heterocycles. The molecule has 18 heavy (non-hydrogen) atoms. The van der Waals surface area contributed by atoms with Crippen LogP contribution in [0.5, 0.6) is 0 Å². The molecule has 0 saturated heterocycles. The van der Waals surface area contributed by atoms with Crippen molar-refractivity contribution in [2.24, 2.45) is 5.73 Å². The summed E-state index contributed by atoms with van der Waals surface area (Å²) < 4.78 is 5.20. The maximum Gasteiger partial charge on any atom is 0.107 e. The van der Waals surface area contributed by atoms with Crippen LogP contribution in [0.4, 0.5) is 0 Å². The van der Waals surface area contributed by atoms with Crippen LogP contribution in [0.3, 0.4) is 0 Å². The van der Waals surface area contributed by atoms with E-state index in [-0.39, 0.29) is 6.04 Å². The van der Waals surface area contributed by atoms with E-state index >= 15 is 0 Å². The van der Waals surface area contributed by atoms with Crippen LogP contribution in [0, 0.1) is 0 Å². The summed E-state index contributed by atoms with van der Waals surface area (Å²) in [5.74, 6) is 0. The van der Waals surface area contributed by atoms with E-state index < -0.39 is 5.60 Å². The quantitative estimate of drug-likeness (QED) is 0.703. The van der Waals surface area contributed by atoms with Crippen LogP contribution in [0.15, 0.2) is 24.3 Å². The molecule has 0 radical (unpaired) electrons. The van der Waals surface area contributed by atoms with Gasteiger partial charge in [-0.2, -0.15) is 0 Å². The van der Waals surface area contributed by atoms with E-state index in [1.807, 2.05) is 12.1 Å². The van der Waals surface area contributed by atoms with Crippen LogP contribution in [0.2, 0.25) is 0 Å². The number of hydrogen-bond acceptors (Lipinski definition) is 4. The predicted octanol–water partition coefficient (Wildman–Crippen LogP) is 0.947. The van der Waals surface area contributed by atoms with Gasteiger partial charge in [-0.25, -0.2) is 0 Å². The van der Waals surface area contributed by atoms with E-state index in [1.54, 1.807) is 7.11 Å². The third-order valence-electron chi connectivity index (χ3n) is 3.61. The van der Waals surface area contributed by atoms with Crippen LogP contribution in [0.1, 0.15) is 30.0 Å². The first-order valence-corrected chi connectivity index (χ1v) is 6.44. The van der Waals surface area contributed by atoms with Crippen molar-refractivity contribution in [2.75, 3.05) is 20.3 Å². The zero-order chi connectivity index (χ0) is 13.0. The number of aliphatic hydroxyl groups is 1. The predicted molar refractivity (Wildman–Crippen MR) is 71.1 cm³/mol. The third kappa shape index (κ3) is 2.57. The summed E-state index contributed by atoms with van der Waals surface area (Å²) in [5.41, 5.74) is 7.09. The number of fused-ring (bicyclic) bond motifs is 1. The van der Waals surface area contributed by atoms with Crippen molar-refractivity contribution < 1.29 is 9.84 Å². The van der Waals surface area contributed by atoms with E-state index in [9.17, 15) is 5.11 Å². The summed E-state index contributed by atoms with van der Waals surface area (Å²) >= 11 is 0. The number of benzene rings is 1. The lowest BCUT2D eigenvalue weighted by Crippen LogP contribution is -2.45. The maximum atomic E-state index is 10.8. The molecule has 1 aliphatic rings. The highest BCUT2D eigenvalue weighted by atomic mass is 16.5. The Morgan fingerprint density at radius 3 is 3.00 bits per heavy atom. The molecule has 0 saturated carbocycles. The number of methoxy groups -OCH3 is 1. The fourth-order valence-corrected chi connectivity index (χ4v) is 2.74. The van der Waals surface area contributed by atoms with E-state index in [1.165, 1.54) is 11.1 Å². The molecule has 1 heterocycles. The molecule has 0 aliphatic carbocycles. The molecule has 1 aliphatic heterocycles. The Morgan fingerprint density at radius 2 is 2.28 bits per heavy atom. The summed E-state index contributed by atoms with van der Waals surface area (Å²) in [6.45, 7) is 1.70. The first-order valence-electron chi connectivity index (χ1n) is 6.44. The second kappa shape index (κ2) is 5.80. The molecule has 1 aromatic carbocycles. The van der Waals surface area contributed by atoms with Crippen LogP contribution in [0.25, 0.3) is 0 Å². The molecular weight excluding hydrogens is 228 g/mol. The number of hydrogen-bond donors (Lipinski definition) is 3. The number of ether oxygens (including phenoxy) is 1. The average Bonchev–Trinajstić information content (AvgIpc) is 2.81. The Bertz CT molecular complexity index is 397. The lowest BCUT2D eigenvalue weighted by atomic mass is 9.85. The van der Waals surface area contributed by atoms with Crippen molar-refractivity contribution in [3.63, 3.8) is 0 Å². The minimum atomic E-state index is -0.888. The van der Waals surface area contributed by atoms with Crippen LogP contribution >= 0.6 is 0 Å². The molecule has 2 rings (SSSR count). The van der Waals surface area contributed by atoms with Gasteiger partial charge in [0.25, 0.3) is 0 Å². The minimum absolute atomic E-state index is 0.0693. The molecule has 0 amide bonds. The Kier molecular flexibility index (Phi) is 4.35. The molecule has 2 atom stereocenters. The van der Waals surface area contributed by atoms with Gasteiger partial charge in [0.05, 0.1) is 12.6 Å². The fourth-order valence-electron chi connectivity index (χ4n) is 2.74. The van der Waals surface area contributed by atoms with Crippen molar-refractivity contribution in [1.82, 2.24) is 5.32 Å². The average molecular weight is 250 g/mol. The molecule has 4 N–H and O–H groups in total. The van der Waals surface area contributed by atoms with Gasteiger partial charge >= 0.3 is 0 Å². The Labute approximate surface area is 108 Å². The minimum Gasteiger partial charge on any atom is -0.385 e. The number of rotatable bonds is 6. The molecular formula is C14H22N2O2. The zero-order valence-electron chi connectivity index (χ0n) is 10.9. The molecule has 100 valence electrons. The summed E-state index contributed by atoms with van der Waals surface area (Å²) in [7, 11) is 1.62. The van der Waals surface area contributed by atoms with Crippen molar-refractivity contribution in [3.8, 4) is 0 Å². The van der Waals surface area contributed by atoms with Gasteiger partial charge in [0.1, 0.15) is 5.60 Å². The smallest absolute Gasteiger partial charge is 0.107 e. The van der Waals surface area contributed by atoms with Crippen molar-refractivity contribution in [2.45, 2.75) is 31.0 Å². The van der Waals surface area contributed by atoms with E-state index in [0.29, 0.717) is 19.6 Å². The number of nitrogens with two attached hydrogens (primary N) is 1. The van der Waals surface area contributed by atoms with Crippen molar-refractivity contribution in [3.05, 3.63) is 35.4 Å². The highest BCUT2D eigenvalue weighted by molar-refractivity contribution is 5.35. The Morgan fingerprint density at radius 1 is 1.50 bits per heavy atom. The lowest BCUT2D eigenvalue weighted by molar-refractivity contribution is -0.0636. The van der Waals surface area contributed by atoms with Crippen LogP contribution < -0.4 is 11.1 Å². The first-order chi connectivity index (χ1) is 8.71. The molecule has 4 heteroatoms. The Balaban J connectivity index is 2.22. The van der Waals surface area contributed by atoms with Gasteiger partial charge in [0.2, 0.25) is 0 Å². The molecule has 0 fully saturated rings. The summed E-state index contributed by atoms with van der Waals surface area (Å²) in [6, 6.07) is 8.13. The monoisotopic (exact) mass is 250 g/mol. The van der Waals surface area contributed by atoms with E-state index in [2.05, 4.69) is 17.4 Å². The van der Waals surface area contributed by atoms with E-state index in [4.69, 9.17) is 10.5 Å². The second-order valence-corrected chi connectivity index (χ2v) is 4.94. The van der Waals surface area contributed by atoms with Gasteiger partial charge in [-0.1, -0.05) is 24.3 Å². The van der Waals surface area contributed by atoms with Crippen LogP contribution in [-0.2, 0) is 11.3 Å². The molecule has 0 spiro atoms. The Hall–Kier alpha value is -0.940. The van der Waals surface area contributed by atoms with Gasteiger partial charge in [-0.15, -0.1) is 0 Å². The standard InChI is InChI=1S/C14H22N2O2/c1-18-10-14(17,7-4-8-15)13-12-6-3-2-5-11(12)9-16-13/h2-3,5-6,13,16-17H,4,7-10,15H2,1H3. The lowest BCUT2D eigenvalue weighted by Gasteiger charge is -2.34. The third-order valence-corrected chi connectivity index (χ3v) is 3.61. The molecule has 0 bridgehead atoms. The summed E-state index contributed by atoms with van der Waals surface area (Å²) in [5, 5.41) is 14.2. The largest absolute Gasteiger partial charge is 0.385 e. The summed E-state index contributed by atoms with van der Waals surface area (Å²) in [4.78, 5) is 0. The first kappa shape index (κ1) is 13.5. The van der Waals surface area contributed by atoms with Crippen molar-refractivity contribution >= 4 is 0 Å². The topological polar surface area (TPSA) is 67.5 Å². The highest BCUT2D eigenvalue weighted by Gasteiger charge is 2.40. The number of nitrogens with one attached hydrogen (secondary N) is 1. The van der Waals surface area contributed by atoms with Gasteiger partial charge in [-0.3, -0.25) is 0 Å². The molecule has 4 nitrogen and oxygen atoms in total. The normalized spacial score (nSPS) is 21.6. The molecule has 2 unspecified atom stereocenters. The maximum absolute atomic E-state index is 10.8. The zero-order valence-corrected chi connectivity index (χ0v) is 10.9. The highest BCUT2D eigenvalue weighted by Crippen LogP contribution is 2.36. The van der Waals surface area contributed by atoms with Gasteiger partial charge in [0.15, 0.2) is 0 Å². The summed E-state index contributed by atoms with van der Waals surface area (Å²) in [6.07, 6.45) is 1.43. The van der Waals surface area contributed by atoms with Gasteiger partial charge in [0, 0.05) is 13.7 Å². The molecule has 1 aromatic rings. The fraction of sp³-hybridized carbons (Fsp3) is 0.571. The van der Waals surface area contributed by atoms with Gasteiger partial charge < -0.3 is 20.9 Å². The van der Waals surface area contributed by atoms with Crippen molar-refractivity contribution in [1.29, 1.82) is 0 Å². The SMILES string of the molecule is COCC(O)(CCCN)C1NCc2ccccc21. The van der Waals surface area contributed by atoms with Crippen LogP contribution in [-0.4, -0.2) is 31.0 Å².